The maximum Gasteiger partial charge on any atom is 0.138 e. The molecule has 0 saturated heterocycles. The number of aromatic amines is 2. The largest absolute Gasteiger partial charge is 0.492 e. The molecule has 8 nitrogen and oxygen atoms in total. The highest BCUT2D eigenvalue weighted by molar-refractivity contribution is 5.88. The molecule has 0 fully saturated rings. The summed E-state index contributed by atoms with van der Waals surface area (Å²) < 4.78 is 11.9. The molecule has 46 heavy (non-hydrogen) atoms. The van der Waals surface area contributed by atoms with Crippen molar-refractivity contribution in [2.75, 3.05) is 52.5 Å². The van der Waals surface area contributed by atoms with Crippen molar-refractivity contribution in [3.8, 4) is 45.4 Å². The third-order valence-corrected chi connectivity index (χ3v) is 8.70. The zero-order chi connectivity index (χ0) is 31.9. The van der Waals surface area contributed by atoms with E-state index in [1.807, 2.05) is 24.3 Å². The summed E-state index contributed by atoms with van der Waals surface area (Å²) >= 11 is 0. The van der Waals surface area contributed by atoms with Crippen LogP contribution in [0, 0.1) is 0 Å². The van der Waals surface area contributed by atoms with Crippen molar-refractivity contribution >= 4 is 22.1 Å². The van der Waals surface area contributed by atoms with Gasteiger partial charge in [0.15, 0.2) is 0 Å². The van der Waals surface area contributed by atoms with Crippen LogP contribution in [0.15, 0.2) is 84.9 Å². The molecular formula is C38H44N6O2. The number of ether oxygens (including phenoxy) is 2. The van der Waals surface area contributed by atoms with Gasteiger partial charge in [-0.05, 0) is 110 Å². The molecular weight excluding hydrogens is 572 g/mol. The molecule has 0 aliphatic heterocycles. The number of H-pyrrole nitrogens is 2. The molecule has 2 aromatic heterocycles. The Labute approximate surface area is 271 Å². The zero-order valence-electron chi connectivity index (χ0n) is 27.3. The second kappa shape index (κ2) is 14.6. The van der Waals surface area contributed by atoms with Crippen LogP contribution in [0.5, 0.6) is 11.5 Å². The monoisotopic (exact) mass is 616 g/mol. The average Bonchev–Trinajstić information content (AvgIpc) is 3.73. The molecule has 0 spiro atoms. The highest BCUT2D eigenvalue weighted by Crippen LogP contribution is 2.30. The fourth-order valence-electron chi connectivity index (χ4n) is 5.73. The Balaban J connectivity index is 1.13. The normalized spacial score (nSPS) is 11.7. The molecule has 0 unspecified atom stereocenters. The Bertz CT molecular complexity index is 1710. The number of aromatic nitrogens is 4. The molecule has 0 atom stereocenters. The van der Waals surface area contributed by atoms with Crippen LogP contribution < -0.4 is 9.47 Å². The summed E-state index contributed by atoms with van der Waals surface area (Å²) in [6, 6.07) is 29.0. The van der Waals surface area contributed by atoms with Crippen LogP contribution in [0.1, 0.15) is 27.7 Å². The third kappa shape index (κ3) is 7.25. The molecule has 0 bridgehead atoms. The number of nitrogens with zero attached hydrogens (tertiary/aromatic N) is 4. The molecule has 0 amide bonds. The number of hydrogen-bond donors (Lipinski definition) is 2. The van der Waals surface area contributed by atoms with Gasteiger partial charge in [-0.25, -0.2) is 9.97 Å². The van der Waals surface area contributed by atoms with Crippen molar-refractivity contribution in [1.29, 1.82) is 0 Å². The summed E-state index contributed by atoms with van der Waals surface area (Å²) in [5.41, 5.74) is 8.10. The van der Waals surface area contributed by atoms with Crippen LogP contribution in [0.25, 0.3) is 56.0 Å². The quantitative estimate of drug-likeness (QED) is 0.122. The number of rotatable bonds is 15. The summed E-state index contributed by atoms with van der Waals surface area (Å²) in [5.74, 6) is 3.43. The predicted molar refractivity (Wildman–Crippen MR) is 189 cm³/mol. The van der Waals surface area contributed by atoms with Gasteiger partial charge in [0.25, 0.3) is 0 Å². The van der Waals surface area contributed by atoms with Gasteiger partial charge in [0, 0.05) is 24.2 Å². The van der Waals surface area contributed by atoms with Crippen LogP contribution in [-0.2, 0) is 0 Å². The molecule has 0 saturated carbocycles. The number of benzene rings is 4. The van der Waals surface area contributed by atoms with Gasteiger partial charge < -0.3 is 29.2 Å². The van der Waals surface area contributed by atoms with E-state index in [0.29, 0.717) is 13.2 Å². The molecule has 6 rings (SSSR count). The van der Waals surface area contributed by atoms with Gasteiger partial charge in [0.05, 0.1) is 22.1 Å². The summed E-state index contributed by atoms with van der Waals surface area (Å²) in [5, 5.41) is 0. The van der Waals surface area contributed by atoms with Gasteiger partial charge in [0.2, 0.25) is 0 Å². The zero-order valence-corrected chi connectivity index (χ0v) is 27.3. The molecule has 2 N–H and O–H groups in total. The van der Waals surface area contributed by atoms with Gasteiger partial charge in [-0.2, -0.15) is 0 Å². The van der Waals surface area contributed by atoms with E-state index >= 15 is 0 Å². The molecule has 0 aliphatic carbocycles. The Hall–Kier alpha value is -4.66. The number of nitrogens with one attached hydrogen (secondary N) is 2. The molecule has 2 heterocycles. The minimum atomic E-state index is 0.681. The van der Waals surface area contributed by atoms with E-state index in [1.54, 1.807) is 0 Å². The number of fused-ring (bicyclic) bond motifs is 2. The van der Waals surface area contributed by atoms with Gasteiger partial charge in [-0.15, -0.1) is 0 Å². The Morgan fingerprint density at radius 2 is 0.870 bits per heavy atom. The Morgan fingerprint density at radius 1 is 0.500 bits per heavy atom. The number of hydrogen-bond acceptors (Lipinski definition) is 6. The van der Waals surface area contributed by atoms with Gasteiger partial charge in [-0.1, -0.05) is 39.8 Å². The lowest BCUT2D eigenvalue weighted by atomic mass is 10.0. The highest BCUT2D eigenvalue weighted by Gasteiger charge is 2.11. The van der Waals surface area contributed by atoms with Crippen LogP contribution in [-0.4, -0.2) is 82.2 Å². The summed E-state index contributed by atoms with van der Waals surface area (Å²) in [6.07, 6.45) is 0. The maximum atomic E-state index is 5.96. The Morgan fingerprint density at radius 3 is 1.24 bits per heavy atom. The fraction of sp³-hybridized carbons (Fsp3) is 0.316. The van der Waals surface area contributed by atoms with E-state index in [1.165, 1.54) is 0 Å². The van der Waals surface area contributed by atoms with Crippen molar-refractivity contribution in [3.63, 3.8) is 0 Å². The van der Waals surface area contributed by atoms with E-state index in [-0.39, 0.29) is 0 Å². The van der Waals surface area contributed by atoms with Crippen molar-refractivity contribution in [2.24, 2.45) is 0 Å². The lowest BCUT2D eigenvalue weighted by Crippen LogP contribution is -2.27. The van der Waals surface area contributed by atoms with Crippen molar-refractivity contribution < 1.29 is 9.47 Å². The summed E-state index contributed by atoms with van der Waals surface area (Å²) in [7, 11) is 0. The number of likely N-dealkylation sites (N-methyl/N-ethyl adjacent to an activating group) is 2. The van der Waals surface area contributed by atoms with Crippen molar-refractivity contribution in [2.45, 2.75) is 27.7 Å². The lowest BCUT2D eigenvalue weighted by Gasteiger charge is -2.18. The van der Waals surface area contributed by atoms with E-state index < -0.39 is 0 Å². The first-order chi connectivity index (χ1) is 22.6. The molecule has 0 aliphatic rings. The minimum Gasteiger partial charge on any atom is -0.492 e. The van der Waals surface area contributed by atoms with Crippen LogP contribution in [0.4, 0.5) is 0 Å². The molecule has 0 radical (unpaired) electrons. The van der Waals surface area contributed by atoms with Crippen molar-refractivity contribution in [3.05, 3.63) is 84.9 Å². The summed E-state index contributed by atoms with van der Waals surface area (Å²) in [4.78, 5) is 21.5. The van der Waals surface area contributed by atoms with E-state index in [2.05, 4.69) is 108 Å². The average molecular weight is 617 g/mol. The number of imidazole rings is 2. The van der Waals surface area contributed by atoms with E-state index in [0.717, 1.165) is 107 Å². The molecule has 238 valence electrons. The van der Waals surface area contributed by atoms with Gasteiger partial charge >= 0.3 is 0 Å². The fourth-order valence-corrected chi connectivity index (χ4v) is 5.73. The summed E-state index contributed by atoms with van der Waals surface area (Å²) in [6.45, 7) is 16.1. The minimum absolute atomic E-state index is 0.681. The van der Waals surface area contributed by atoms with Crippen LogP contribution in [0.2, 0.25) is 0 Å². The van der Waals surface area contributed by atoms with Crippen LogP contribution >= 0.6 is 0 Å². The van der Waals surface area contributed by atoms with Gasteiger partial charge in [0.1, 0.15) is 36.4 Å². The van der Waals surface area contributed by atoms with Crippen LogP contribution in [0.3, 0.4) is 0 Å². The van der Waals surface area contributed by atoms with Gasteiger partial charge in [-0.3, -0.25) is 0 Å². The predicted octanol–water partition coefficient (Wildman–Crippen LogP) is 7.88. The first-order valence-electron chi connectivity index (χ1n) is 16.5. The van der Waals surface area contributed by atoms with E-state index in [4.69, 9.17) is 19.4 Å². The SMILES string of the molecule is CCN(CC)CCOc1ccc(-c2nc3cc(-c4ccc5[nH]c(-c6ccc(OCCN(CC)CC)cc6)nc5c4)ccc3[nH]2)cc1. The molecule has 8 heteroatoms. The highest BCUT2D eigenvalue weighted by atomic mass is 16.5. The topological polar surface area (TPSA) is 82.3 Å². The first-order valence-corrected chi connectivity index (χ1v) is 16.5. The maximum absolute atomic E-state index is 5.96. The smallest absolute Gasteiger partial charge is 0.138 e. The second-order valence-electron chi connectivity index (χ2n) is 11.4. The third-order valence-electron chi connectivity index (χ3n) is 8.70. The Kier molecular flexibility index (Phi) is 9.96. The second-order valence-corrected chi connectivity index (χ2v) is 11.4. The standard InChI is InChI=1S/C38H44N6O2/c1-5-43(6-2)21-23-45-31-15-9-27(10-16-31)37-39-33-19-13-29(25-35(33)41-37)30-14-20-34-36(26-30)42-38(40-34)28-11-17-32(18-12-28)46-24-22-44(7-3)8-4/h9-20,25-26H,5-8,21-24H2,1-4H3,(H,39,41)(H,40,42). The lowest BCUT2D eigenvalue weighted by molar-refractivity contribution is 0.223. The molecule has 4 aromatic carbocycles. The first kappa shape index (κ1) is 31.3. The van der Waals surface area contributed by atoms with E-state index in [9.17, 15) is 0 Å². The van der Waals surface area contributed by atoms with Crippen molar-refractivity contribution in [1.82, 2.24) is 29.7 Å². The molecule has 6 aromatic rings.